The van der Waals surface area contributed by atoms with Crippen molar-refractivity contribution in [2.75, 3.05) is 6.54 Å². The van der Waals surface area contributed by atoms with Crippen molar-refractivity contribution in [2.24, 2.45) is 5.92 Å². The van der Waals surface area contributed by atoms with Gasteiger partial charge in [0.1, 0.15) is 0 Å². The summed E-state index contributed by atoms with van der Waals surface area (Å²) in [4.78, 5) is 13.5. The maximum Gasteiger partial charge on any atom is 0.306 e. The standard InChI is InChI=1S/C15H21NO2/c1-2-14-10-13(15(17)18)8-9-16(14)11-12-6-4-3-5-7-12/h3-7,13-14H,2,8-11H2,1H3,(H,17,18). The molecule has 0 saturated carbocycles. The molecule has 1 heterocycles. The fraction of sp³-hybridized carbons (Fsp3) is 0.533. The number of hydrogen-bond donors (Lipinski definition) is 1. The Morgan fingerprint density at radius 1 is 1.39 bits per heavy atom. The maximum atomic E-state index is 11.1. The summed E-state index contributed by atoms with van der Waals surface area (Å²) in [6.07, 6.45) is 2.59. The Balaban J connectivity index is 1.99. The predicted octanol–water partition coefficient (Wildman–Crippen LogP) is 2.76. The summed E-state index contributed by atoms with van der Waals surface area (Å²) in [5, 5.41) is 9.11. The Labute approximate surface area is 108 Å². The van der Waals surface area contributed by atoms with E-state index in [2.05, 4.69) is 36.1 Å². The molecule has 1 aromatic carbocycles. The fourth-order valence-electron chi connectivity index (χ4n) is 2.77. The van der Waals surface area contributed by atoms with E-state index >= 15 is 0 Å². The molecule has 1 aliphatic heterocycles. The topological polar surface area (TPSA) is 40.5 Å². The summed E-state index contributed by atoms with van der Waals surface area (Å²) in [5.74, 6) is -0.783. The molecule has 0 radical (unpaired) electrons. The summed E-state index contributed by atoms with van der Waals surface area (Å²) in [6, 6.07) is 10.8. The number of piperidine rings is 1. The Kier molecular flexibility index (Phi) is 4.37. The Bertz CT molecular complexity index is 391. The molecule has 2 atom stereocenters. The molecule has 1 aromatic rings. The third kappa shape index (κ3) is 3.10. The summed E-state index contributed by atoms with van der Waals surface area (Å²) in [6.45, 7) is 3.98. The Morgan fingerprint density at radius 3 is 2.72 bits per heavy atom. The van der Waals surface area contributed by atoms with Gasteiger partial charge in [-0.25, -0.2) is 0 Å². The van der Waals surface area contributed by atoms with Gasteiger partial charge in [-0.1, -0.05) is 37.3 Å². The van der Waals surface area contributed by atoms with Crippen LogP contribution in [0.25, 0.3) is 0 Å². The number of rotatable bonds is 4. The van der Waals surface area contributed by atoms with E-state index in [4.69, 9.17) is 5.11 Å². The van der Waals surface area contributed by atoms with Crippen molar-refractivity contribution in [3.8, 4) is 0 Å². The van der Waals surface area contributed by atoms with Crippen molar-refractivity contribution in [1.29, 1.82) is 0 Å². The molecule has 0 bridgehead atoms. The zero-order valence-corrected chi connectivity index (χ0v) is 10.9. The summed E-state index contributed by atoms with van der Waals surface area (Å²) < 4.78 is 0. The van der Waals surface area contributed by atoms with Gasteiger partial charge in [-0.2, -0.15) is 0 Å². The molecule has 1 aliphatic rings. The molecular weight excluding hydrogens is 226 g/mol. The lowest BCUT2D eigenvalue weighted by molar-refractivity contribution is -0.144. The van der Waals surface area contributed by atoms with E-state index in [0.717, 1.165) is 32.4 Å². The SMILES string of the molecule is CCC1CC(C(=O)O)CCN1Cc1ccccc1. The van der Waals surface area contributed by atoms with Crippen LogP contribution in [0, 0.1) is 5.92 Å². The quantitative estimate of drug-likeness (QED) is 0.889. The van der Waals surface area contributed by atoms with Crippen molar-refractivity contribution >= 4 is 5.97 Å². The van der Waals surface area contributed by atoms with Crippen LogP contribution in [0.2, 0.25) is 0 Å². The maximum absolute atomic E-state index is 11.1. The smallest absolute Gasteiger partial charge is 0.306 e. The first kappa shape index (κ1) is 13.1. The van der Waals surface area contributed by atoms with E-state index in [0.29, 0.717) is 6.04 Å². The molecular formula is C15H21NO2. The van der Waals surface area contributed by atoms with E-state index in [-0.39, 0.29) is 5.92 Å². The van der Waals surface area contributed by atoms with Crippen LogP contribution >= 0.6 is 0 Å². The lowest BCUT2D eigenvalue weighted by Crippen LogP contribution is -2.43. The lowest BCUT2D eigenvalue weighted by atomic mass is 9.89. The zero-order chi connectivity index (χ0) is 13.0. The number of nitrogens with zero attached hydrogens (tertiary/aromatic N) is 1. The van der Waals surface area contributed by atoms with Gasteiger partial charge in [-0.05, 0) is 31.4 Å². The van der Waals surface area contributed by atoms with Gasteiger partial charge in [0.05, 0.1) is 5.92 Å². The van der Waals surface area contributed by atoms with Crippen LogP contribution in [0.4, 0.5) is 0 Å². The van der Waals surface area contributed by atoms with Crippen LogP contribution in [-0.4, -0.2) is 28.6 Å². The van der Waals surface area contributed by atoms with Crippen LogP contribution in [-0.2, 0) is 11.3 Å². The van der Waals surface area contributed by atoms with Crippen LogP contribution in [0.15, 0.2) is 30.3 Å². The minimum atomic E-state index is -0.632. The van der Waals surface area contributed by atoms with E-state index in [1.54, 1.807) is 0 Å². The minimum absolute atomic E-state index is 0.151. The Morgan fingerprint density at radius 2 is 2.11 bits per heavy atom. The highest BCUT2D eigenvalue weighted by molar-refractivity contribution is 5.70. The van der Waals surface area contributed by atoms with Crippen molar-refractivity contribution in [2.45, 2.75) is 38.8 Å². The van der Waals surface area contributed by atoms with Gasteiger partial charge in [-0.3, -0.25) is 9.69 Å². The van der Waals surface area contributed by atoms with Crippen molar-refractivity contribution < 1.29 is 9.90 Å². The van der Waals surface area contributed by atoms with Gasteiger partial charge in [-0.15, -0.1) is 0 Å². The first-order valence-electron chi connectivity index (χ1n) is 6.71. The molecule has 1 fully saturated rings. The molecule has 0 aromatic heterocycles. The number of carbonyl (C=O) groups is 1. The minimum Gasteiger partial charge on any atom is -0.481 e. The second-order valence-electron chi connectivity index (χ2n) is 5.08. The first-order valence-corrected chi connectivity index (χ1v) is 6.71. The van der Waals surface area contributed by atoms with Crippen LogP contribution in [0.3, 0.4) is 0 Å². The second kappa shape index (κ2) is 6.01. The van der Waals surface area contributed by atoms with Crippen molar-refractivity contribution in [3.05, 3.63) is 35.9 Å². The summed E-state index contributed by atoms with van der Waals surface area (Å²) >= 11 is 0. The number of carboxylic acid groups (broad SMARTS) is 1. The van der Waals surface area contributed by atoms with Gasteiger partial charge in [0, 0.05) is 12.6 Å². The normalized spacial score (nSPS) is 24.9. The van der Waals surface area contributed by atoms with Crippen LogP contribution in [0.1, 0.15) is 31.7 Å². The molecule has 18 heavy (non-hydrogen) atoms. The molecule has 1 N–H and O–H groups in total. The molecule has 2 rings (SSSR count). The second-order valence-corrected chi connectivity index (χ2v) is 5.08. The van der Waals surface area contributed by atoms with E-state index in [1.165, 1.54) is 5.56 Å². The third-order valence-electron chi connectivity index (χ3n) is 3.89. The zero-order valence-electron chi connectivity index (χ0n) is 10.9. The third-order valence-corrected chi connectivity index (χ3v) is 3.89. The van der Waals surface area contributed by atoms with Gasteiger partial charge in [0.2, 0.25) is 0 Å². The number of carboxylic acids is 1. The number of aliphatic carboxylic acids is 1. The molecule has 3 heteroatoms. The van der Waals surface area contributed by atoms with E-state index < -0.39 is 5.97 Å². The van der Waals surface area contributed by atoms with E-state index in [1.807, 2.05) is 6.07 Å². The average molecular weight is 247 g/mol. The van der Waals surface area contributed by atoms with Gasteiger partial charge >= 0.3 is 5.97 Å². The lowest BCUT2D eigenvalue weighted by Gasteiger charge is -2.37. The van der Waals surface area contributed by atoms with Crippen molar-refractivity contribution in [1.82, 2.24) is 4.90 Å². The van der Waals surface area contributed by atoms with Gasteiger partial charge in [0.15, 0.2) is 0 Å². The van der Waals surface area contributed by atoms with Gasteiger partial charge < -0.3 is 5.11 Å². The van der Waals surface area contributed by atoms with Crippen molar-refractivity contribution in [3.63, 3.8) is 0 Å². The largest absolute Gasteiger partial charge is 0.481 e. The summed E-state index contributed by atoms with van der Waals surface area (Å²) in [5.41, 5.74) is 1.31. The highest BCUT2D eigenvalue weighted by atomic mass is 16.4. The fourth-order valence-corrected chi connectivity index (χ4v) is 2.77. The molecule has 0 amide bonds. The first-order chi connectivity index (χ1) is 8.70. The highest BCUT2D eigenvalue weighted by Gasteiger charge is 2.30. The average Bonchev–Trinajstić information content (AvgIpc) is 2.40. The monoisotopic (exact) mass is 247 g/mol. The molecule has 0 spiro atoms. The highest BCUT2D eigenvalue weighted by Crippen LogP contribution is 2.26. The number of benzene rings is 1. The molecule has 98 valence electrons. The summed E-state index contributed by atoms with van der Waals surface area (Å²) in [7, 11) is 0. The predicted molar refractivity (Wildman–Crippen MR) is 71.3 cm³/mol. The number of likely N-dealkylation sites (tertiary alicyclic amines) is 1. The molecule has 2 unspecified atom stereocenters. The number of hydrogen-bond acceptors (Lipinski definition) is 2. The molecule has 0 aliphatic carbocycles. The Hall–Kier alpha value is -1.35. The van der Waals surface area contributed by atoms with Gasteiger partial charge in [0.25, 0.3) is 0 Å². The van der Waals surface area contributed by atoms with Crippen LogP contribution in [0.5, 0.6) is 0 Å². The van der Waals surface area contributed by atoms with Crippen LogP contribution < -0.4 is 0 Å². The molecule has 1 saturated heterocycles. The molecule has 3 nitrogen and oxygen atoms in total. The van der Waals surface area contributed by atoms with E-state index in [9.17, 15) is 4.79 Å².